The van der Waals surface area contributed by atoms with Crippen LogP contribution in [0.1, 0.15) is 12.8 Å². The fourth-order valence-corrected chi connectivity index (χ4v) is 3.34. The van der Waals surface area contributed by atoms with Crippen molar-refractivity contribution in [3.05, 3.63) is 54.7 Å². The molecule has 0 bridgehead atoms. The van der Waals surface area contributed by atoms with Crippen LogP contribution in [0.4, 0.5) is 5.95 Å². The van der Waals surface area contributed by atoms with Gasteiger partial charge in [-0.05, 0) is 35.7 Å². The lowest BCUT2D eigenvalue weighted by Gasteiger charge is -2.37. The van der Waals surface area contributed by atoms with Gasteiger partial charge in [0.1, 0.15) is 0 Å². The Labute approximate surface area is 147 Å². The highest BCUT2D eigenvalue weighted by Gasteiger charge is 2.31. The van der Waals surface area contributed by atoms with Crippen molar-refractivity contribution < 1.29 is 5.11 Å². The summed E-state index contributed by atoms with van der Waals surface area (Å²) in [6, 6.07) is 16.6. The molecule has 1 fully saturated rings. The quantitative estimate of drug-likeness (QED) is 0.770. The molecule has 5 nitrogen and oxygen atoms in total. The van der Waals surface area contributed by atoms with Crippen LogP contribution in [0.15, 0.2) is 54.7 Å². The van der Waals surface area contributed by atoms with Crippen molar-refractivity contribution in [3.8, 4) is 11.3 Å². The second-order valence-electron chi connectivity index (χ2n) is 6.72. The van der Waals surface area contributed by atoms with Gasteiger partial charge in [0, 0.05) is 31.4 Å². The Balaban J connectivity index is 1.61. The molecule has 0 atom stereocenters. The van der Waals surface area contributed by atoms with Gasteiger partial charge in [0.25, 0.3) is 0 Å². The zero-order valence-electron chi connectivity index (χ0n) is 14.1. The van der Waals surface area contributed by atoms with E-state index in [1.807, 2.05) is 18.2 Å². The number of aliphatic hydroxyl groups is 1. The van der Waals surface area contributed by atoms with Crippen molar-refractivity contribution in [2.24, 2.45) is 5.73 Å². The minimum Gasteiger partial charge on any atom is -0.388 e. The van der Waals surface area contributed by atoms with E-state index in [2.05, 4.69) is 40.2 Å². The average molecular weight is 334 g/mol. The van der Waals surface area contributed by atoms with Crippen LogP contribution in [-0.4, -0.2) is 40.3 Å². The zero-order valence-corrected chi connectivity index (χ0v) is 14.1. The number of nitrogens with two attached hydrogens (primary N) is 1. The molecule has 0 amide bonds. The van der Waals surface area contributed by atoms with E-state index in [1.165, 1.54) is 10.8 Å². The first-order chi connectivity index (χ1) is 12.2. The lowest BCUT2D eigenvalue weighted by Crippen LogP contribution is -2.49. The van der Waals surface area contributed by atoms with Crippen molar-refractivity contribution in [2.75, 3.05) is 24.5 Å². The van der Waals surface area contributed by atoms with E-state index in [-0.39, 0.29) is 0 Å². The summed E-state index contributed by atoms with van der Waals surface area (Å²) in [5.74, 6) is 0.713. The van der Waals surface area contributed by atoms with E-state index in [4.69, 9.17) is 10.7 Å². The Bertz CT molecular complexity index is 888. The smallest absolute Gasteiger partial charge is 0.225 e. The summed E-state index contributed by atoms with van der Waals surface area (Å²) in [4.78, 5) is 11.3. The average Bonchev–Trinajstić information content (AvgIpc) is 2.68. The van der Waals surface area contributed by atoms with Gasteiger partial charge in [0.15, 0.2) is 0 Å². The molecule has 25 heavy (non-hydrogen) atoms. The maximum absolute atomic E-state index is 10.3. The number of anilines is 1. The Morgan fingerprint density at radius 2 is 1.80 bits per heavy atom. The number of piperidine rings is 1. The molecule has 1 aromatic heterocycles. The van der Waals surface area contributed by atoms with Crippen LogP contribution in [0.25, 0.3) is 22.0 Å². The van der Waals surface area contributed by atoms with Gasteiger partial charge in [-0.3, -0.25) is 0 Å². The summed E-state index contributed by atoms with van der Waals surface area (Å²) >= 11 is 0. The van der Waals surface area contributed by atoms with Crippen molar-refractivity contribution >= 4 is 16.7 Å². The number of hydrogen-bond acceptors (Lipinski definition) is 5. The normalized spacial score (nSPS) is 17.0. The number of hydrogen-bond donors (Lipinski definition) is 2. The number of fused-ring (bicyclic) bond motifs is 1. The third-order valence-electron chi connectivity index (χ3n) is 5.05. The van der Waals surface area contributed by atoms with Crippen LogP contribution < -0.4 is 10.6 Å². The maximum Gasteiger partial charge on any atom is 0.225 e. The Hall–Kier alpha value is -2.50. The SMILES string of the molecule is NCC1(O)CCN(c2nccc(-c3ccc4ccccc4c3)n2)CC1. The molecule has 2 heterocycles. The topological polar surface area (TPSA) is 75.3 Å². The van der Waals surface area contributed by atoms with E-state index in [0.29, 0.717) is 25.3 Å². The van der Waals surface area contributed by atoms with Crippen LogP contribution in [0.3, 0.4) is 0 Å². The largest absolute Gasteiger partial charge is 0.388 e. The molecule has 0 spiro atoms. The molecule has 4 rings (SSSR count). The Morgan fingerprint density at radius 3 is 2.56 bits per heavy atom. The molecule has 2 aromatic carbocycles. The predicted octanol–water partition coefficient (Wildman–Crippen LogP) is 2.59. The molecule has 5 heteroatoms. The first-order valence-electron chi connectivity index (χ1n) is 8.66. The van der Waals surface area contributed by atoms with Crippen molar-refractivity contribution in [1.29, 1.82) is 0 Å². The zero-order chi connectivity index (χ0) is 17.3. The maximum atomic E-state index is 10.3. The first kappa shape index (κ1) is 16.0. The molecular formula is C20H22N4O. The monoisotopic (exact) mass is 334 g/mol. The molecule has 1 aliphatic rings. The van der Waals surface area contributed by atoms with E-state index < -0.39 is 5.60 Å². The molecule has 3 N–H and O–H groups in total. The third-order valence-corrected chi connectivity index (χ3v) is 5.05. The van der Waals surface area contributed by atoms with Crippen molar-refractivity contribution in [3.63, 3.8) is 0 Å². The van der Waals surface area contributed by atoms with E-state index in [9.17, 15) is 5.11 Å². The van der Waals surface area contributed by atoms with Crippen LogP contribution in [-0.2, 0) is 0 Å². The summed E-state index contributed by atoms with van der Waals surface area (Å²) < 4.78 is 0. The number of aromatic nitrogens is 2. The molecule has 0 saturated carbocycles. The van der Waals surface area contributed by atoms with Gasteiger partial charge in [-0.2, -0.15) is 0 Å². The second-order valence-corrected chi connectivity index (χ2v) is 6.72. The minimum atomic E-state index is -0.744. The first-order valence-corrected chi connectivity index (χ1v) is 8.66. The summed E-state index contributed by atoms with van der Waals surface area (Å²) in [6.07, 6.45) is 3.09. The number of benzene rings is 2. The molecular weight excluding hydrogens is 312 g/mol. The van der Waals surface area contributed by atoms with E-state index in [1.54, 1.807) is 6.20 Å². The highest BCUT2D eigenvalue weighted by atomic mass is 16.3. The van der Waals surface area contributed by atoms with Gasteiger partial charge in [0.2, 0.25) is 5.95 Å². The van der Waals surface area contributed by atoms with Crippen molar-refractivity contribution in [1.82, 2.24) is 9.97 Å². The van der Waals surface area contributed by atoms with E-state index >= 15 is 0 Å². The number of nitrogens with zero attached hydrogens (tertiary/aromatic N) is 3. The second kappa shape index (κ2) is 6.43. The highest BCUT2D eigenvalue weighted by molar-refractivity contribution is 5.86. The standard InChI is InChI=1S/C20H22N4O/c21-14-20(25)8-11-24(12-9-20)19-22-10-7-18(23-19)17-6-5-15-3-1-2-4-16(15)13-17/h1-7,10,13,25H,8-9,11-12,14,21H2. The fourth-order valence-electron chi connectivity index (χ4n) is 3.34. The van der Waals surface area contributed by atoms with Crippen LogP contribution in [0, 0.1) is 0 Å². The summed E-state index contributed by atoms with van der Waals surface area (Å²) in [6.45, 7) is 1.74. The molecule has 128 valence electrons. The summed E-state index contributed by atoms with van der Waals surface area (Å²) in [5.41, 5.74) is 6.92. The molecule has 3 aromatic rings. The summed E-state index contributed by atoms with van der Waals surface area (Å²) in [7, 11) is 0. The molecule has 1 aliphatic heterocycles. The van der Waals surface area contributed by atoms with Gasteiger partial charge in [-0.15, -0.1) is 0 Å². The molecule has 1 saturated heterocycles. The van der Waals surface area contributed by atoms with Gasteiger partial charge in [0.05, 0.1) is 11.3 Å². The summed E-state index contributed by atoms with van der Waals surface area (Å²) in [5, 5.41) is 12.7. The van der Waals surface area contributed by atoms with Gasteiger partial charge in [-0.25, -0.2) is 9.97 Å². The van der Waals surface area contributed by atoms with Crippen molar-refractivity contribution in [2.45, 2.75) is 18.4 Å². The van der Waals surface area contributed by atoms with Gasteiger partial charge in [-0.1, -0.05) is 36.4 Å². The minimum absolute atomic E-state index is 0.304. The number of rotatable bonds is 3. The molecule has 0 unspecified atom stereocenters. The highest BCUT2D eigenvalue weighted by Crippen LogP contribution is 2.26. The van der Waals surface area contributed by atoms with Crippen LogP contribution in [0.5, 0.6) is 0 Å². The predicted molar refractivity (Wildman–Crippen MR) is 100 cm³/mol. The molecule has 0 aliphatic carbocycles. The van der Waals surface area contributed by atoms with E-state index in [0.717, 1.165) is 24.3 Å². The fraction of sp³-hybridized carbons (Fsp3) is 0.300. The Kier molecular flexibility index (Phi) is 4.11. The lowest BCUT2D eigenvalue weighted by atomic mass is 9.92. The Morgan fingerprint density at radius 1 is 1.04 bits per heavy atom. The van der Waals surface area contributed by atoms with Gasteiger partial charge < -0.3 is 15.7 Å². The molecule has 0 radical (unpaired) electrons. The van der Waals surface area contributed by atoms with Gasteiger partial charge >= 0.3 is 0 Å². The van der Waals surface area contributed by atoms with Crippen LogP contribution >= 0.6 is 0 Å². The lowest BCUT2D eigenvalue weighted by molar-refractivity contribution is 0.0247. The van der Waals surface area contributed by atoms with Crippen LogP contribution in [0.2, 0.25) is 0 Å². The third kappa shape index (κ3) is 3.21.